The number of carbonyl (C=O) groups is 1. The van der Waals surface area contributed by atoms with E-state index in [0.717, 1.165) is 73.9 Å². The van der Waals surface area contributed by atoms with Crippen molar-refractivity contribution in [1.29, 1.82) is 0 Å². The maximum Gasteiger partial charge on any atom is 0.324 e. The summed E-state index contributed by atoms with van der Waals surface area (Å²) in [5.74, 6) is 4.38. The van der Waals surface area contributed by atoms with Gasteiger partial charge in [-0.3, -0.25) is 4.79 Å². The van der Waals surface area contributed by atoms with Gasteiger partial charge in [-0.15, -0.1) is 0 Å². The van der Waals surface area contributed by atoms with Gasteiger partial charge in [0.1, 0.15) is 5.75 Å². The molecule has 1 aromatic heterocycles. The molecule has 1 aliphatic carbocycles. The number of anilines is 1. The lowest BCUT2D eigenvalue weighted by Crippen LogP contribution is -2.42. The van der Waals surface area contributed by atoms with Crippen LogP contribution in [0.5, 0.6) is 5.75 Å². The fraction of sp³-hybridized carbons (Fsp3) is 0.654. The second kappa shape index (κ2) is 10.1. The molecule has 0 radical (unpaired) electrons. The topological polar surface area (TPSA) is 71.7 Å². The number of carbonyl (C=O) groups excluding carboxylic acids is 1. The van der Waals surface area contributed by atoms with Gasteiger partial charge in [0.15, 0.2) is 5.82 Å². The van der Waals surface area contributed by atoms with E-state index in [4.69, 9.17) is 20.9 Å². The van der Waals surface area contributed by atoms with Crippen LogP contribution in [0.3, 0.4) is 0 Å². The normalized spacial score (nSPS) is 22.7. The van der Waals surface area contributed by atoms with Crippen molar-refractivity contribution in [3.05, 3.63) is 34.6 Å². The summed E-state index contributed by atoms with van der Waals surface area (Å²) in [4.78, 5) is 20.8. The van der Waals surface area contributed by atoms with Gasteiger partial charge >= 0.3 is 6.01 Å². The van der Waals surface area contributed by atoms with Crippen LogP contribution in [0, 0.1) is 17.8 Å². The molecule has 5 rings (SSSR count). The molecule has 0 spiro atoms. The Morgan fingerprint density at radius 1 is 1.24 bits per heavy atom. The number of hydrogen-bond donors (Lipinski definition) is 0. The summed E-state index contributed by atoms with van der Waals surface area (Å²) >= 11 is 6.42. The van der Waals surface area contributed by atoms with E-state index in [-0.39, 0.29) is 11.8 Å². The Hall–Kier alpha value is -2.28. The first-order valence-corrected chi connectivity index (χ1v) is 13.1. The first-order valence-electron chi connectivity index (χ1n) is 12.8. The highest BCUT2D eigenvalue weighted by molar-refractivity contribution is 6.31. The molecular formula is C26H35ClN4O3. The quantitative estimate of drug-likeness (QED) is 0.499. The van der Waals surface area contributed by atoms with Crippen LogP contribution in [0.4, 0.5) is 6.01 Å². The molecule has 1 amide bonds. The number of nitrogens with zero attached hydrogens (tertiary/aromatic N) is 4. The largest absolute Gasteiger partial charge is 0.494 e. The summed E-state index contributed by atoms with van der Waals surface area (Å²) in [6, 6.07) is 6.39. The number of likely N-dealkylation sites (tertiary alicyclic amines) is 1. The summed E-state index contributed by atoms with van der Waals surface area (Å²) < 4.78 is 11.5. The summed E-state index contributed by atoms with van der Waals surface area (Å²) in [5, 5.41) is 4.71. The van der Waals surface area contributed by atoms with Gasteiger partial charge in [-0.05, 0) is 67.6 Å². The van der Waals surface area contributed by atoms with Crippen molar-refractivity contribution >= 4 is 23.5 Å². The van der Waals surface area contributed by atoms with E-state index >= 15 is 0 Å². The smallest absolute Gasteiger partial charge is 0.324 e. The van der Waals surface area contributed by atoms with Gasteiger partial charge in [-0.1, -0.05) is 36.7 Å². The molecule has 3 aliphatic rings. The minimum Gasteiger partial charge on any atom is -0.494 e. The molecule has 2 aromatic rings. The van der Waals surface area contributed by atoms with Crippen molar-refractivity contribution < 1.29 is 14.1 Å². The zero-order valence-electron chi connectivity index (χ0n) is 20.2. The minimum absolute atomic E-state index is 0.157. The van der Waals surface area contributed by atoms with Crippen molar-refractivity contribution in [2.45, 2.75) is 58.3 Å². The van der Waals surface area contributed by atoms with Crippen LogP contribution in [-0.2, 0) is 11.2 Å². The second-order valence-corrected chi connectivity index (χ2v) is 10.8. The number of rotatable bonds is 9. The molecule has 34 heavy (non-hydrogen) atoms. The predicted octanol–water partition coefficient (Wildman–Crippen LogP) is 4.94. The molecule has 2 unspecified atom stereocenters. The van der Waals surface area contributed by atoms with Gasteiger partial charge in [-0.25, -0.2) is 0 Å². The van der Waals surface area contributed by atoms with Gasteiger partial charge in [0.25, 0.3) is 0 Å². The average molecular weight is 487 g/mol. The van der Waals surface area contributed by atoms with E-state index in [0.29, 0.717) is 24.1 Å². The highest BCUT2D eigenvalue weighted by atomic mass is 35.5. The molecule has 0 N–H and O–H groups in total. The third kappa shape index (κ3) is 5.35. The van der Waals surface area contributed by atoms with E-state index < -0.39 is 0 Å². The van der Waals surface area contributed by atoms with E-state index in [9.17, 15) is 4.79 Å². The molecule has 0 bridgehead atoms. The number of aromatic nitrogens is 2. The molecule has 1 saturated carbocycles. The first kappa shape index (κ1) is 23.5. The maximum absolute atomic E-state index is 12.2. The van der Waals surface area contributed by atoms with Crippen LogP contribution < -0.4 is 9.64 Å². The number of piperidine rings is 1. The zero-order chi connectivity index (χ0) is 23.7. The van der Waals surface area contributed by atoms with E-state index in [2.05, 4.69) is 28.9 Å². The number of hydrogen-bond acceptors (Lipinski definition) is 6. The Balaban J connectivity index is 1.02. The van der Waals surface area contributed by atoms with Crippen molar-refractivity contribution in [3.8, 4) is 5.75 Å². The van der Waals surface area contributed by atoms with Gasteiger partial charge < -0.3 is 19.1 Å². The lowest BCUT2D eigenvalue weighted by atomic mass is 9.90. The second-order valence-electron chi connectivity index (χ2n) is 10.4. The van der Waals surface area contributed by atoms with Crippen LogP contribution in [0.15, 0.2) is 22.7 Å². The number of amides is 1. The van der Waals surface area contributed by atoms with Crippen LogP contribution >= 0.6 is 11.6 Å². The van der Waals surface area contributed by atoms with Crippen LogP contribution in [-0.4, -0.2) is 53.7 Å². The van der Waals surface area contributed by atoms with Gasteiger partial charge in [0.05, 0.1) is 13.0 Å². The molecule has 3 heterocycles. The zero-order valence-corrected chi connectivity index (χ0v) is 21.0. The van der Waals surface area contributed by atoms with Crippen LogP contribution in [0.2, 0.25) is 5.02 Å². The Bertz CT molecular complexity index is 998. The van der Waals surface area contributed by atoms with E-state index in [1.165, 1.54) is 19.3 Å². The number of benzene rings is 1. The minimum atomic E-state index is 0.157. The fourth-order valence-electron chi connectivity index (χ4n) is 5.22. The molecule has 2 aliphatic heterocycles. The van der Waals surface area contributed by atoms with E-state index in [1.807, 2.05) is 23.1 Å². The molecule has 7 nitrogen and oxygen atoms in total. The molecular weight excluding hydrogens is 452 g/mol. The lowest BCUT2D eigenvalue weighted by Gasteiger charge is -2.31. The lowest BCUT2D eigenvalue weighted by molar-refractivity contribution is -0.133. The van der Waals surface area contributed by atoms with Crippen LogP contribution in [0.25, 0.3) is 0 Å². The summed E-state index contributed by atoms with van der Waals surface area (Å²) in [6.07, 6.45) is 6.24. The van der Waals surface area contributed by atoms with Gasteiger partial charge in [-0.2, -0.15) is 4.98 Å². The Labute approximate surface area is 206 Å². The molecule has 2 atom stereocenters. The highest BCUT2D eigenvalue weighted by Crippen LogP contribution is 2.50. The van der Waals surface area contributed by atoms with Gasteiger partial charge in [0.2, 0.25) is 5.91 Å². The van der Waals surface area contributed by atoms with Gasteiger partial charge in [0, 0.05) is 37.1 Å². The van der Waals surface area contributed by atoms with Crippen molar-refractivity contribution in [2.24, 2.45) is 17.8 Å². The number of ether oxygens (including phenoxy) is 1. The molecule has 1 aromatic carbocycles. The highest BCUT2D eigenvalue weighted by Gasteiger charge is 2.43. The fourth-order valence-corrected chi connectivity index (χ4v) is 5.46. The Kier molecular flexibility index (Phi) is 7.00. The summed E-state index contributed by atoms with van der Waals surface area (Å²) in [5.41, 5.74) is 0.875. The van der Waals surface area contributed by atoms with Crippen molar-refractivity contribution in [1.82, 2.24) is 15.0 Å². The SMILES string of the molecule is CC(C)c1noc(N2CCC(C3CC3CCOc3ccc(CC(=O)N4CCC4)c(Cl)c3)CC2)n1. The third-order valence-corrected chi connectivity index (χ3v) is 8.02. The van der Waals surface area contributed by atoms with Crippen molar-refractivity contribution in [3.63, 3.8) is 0 Å². The monoisotopic (exact) mass is 486 g/mol. The van der Waals surface area contributed by atoms with Crippen molar-refractivity contribution in [2.75, 3.05) is 37.7 Å². The maximum atomic E-state index is 12.2. The molecule has 8 heteroatoms. The predicted molar refractivity (Wildman–Crippen MR) is 131 cm³/mol. The molecule has 2 saturated heterocycles. The Morgan fingerprint density at radius 2 is 2.03 bits per heavy atom. The number of halogens is 1. The standard InChI is InChI=1S/C26H35ClN4O3/c1-17(2)25-28-26(34-29-25)31-11-6-18(7-12-31)22-14-19(22)8-13-33-21-5-4-20(23(27)16-21)15-24(32)30-9-3-10-30/h4-5,16-19,22H,3,6-15H2,1-2H3. The summed E-state index contributed by atoms with van der Waals surface area (Å²) in [6.45, 7) is 8.61. The summed E-state index contributed by atoms with van der Waals surface area (Å²) in [7, 11) is 0. The molecule has 3 fully saturated rings. The molecule has 184 valence electrons. The Morgan fingerprint density at radius 3 is 2.68 bits per heavy atom. The third-order valence-electron chi connectivity index (χ3n) is 7.67. The van der Waals surface area contributed by atoms with E-state index in [1.54, 1.807) is 0 Å². The first-order chi connectivity index (χ1) is 16.5. The van der Waals surface area contributed by atoms with Crippen LogP contribution in [0.1, 0.15) is 63.3 Å². The average Bonchev–Trinajstić information content (AvgIpc) is 3.37.